The molecule has 0 saturated carbocycles. The van der Waals surface area contributed by atoms with E-state index in [9.17, 15) is 10.0 Å². The number of rotatable bonds is 4. The van der Waals surface area contributed by atoms with Crippen molar-refractivity contribution in [1.29, 1.82) is 0 Å². The van der Waals surface area contributed by atoms with E-state index in [2.05, 4.69) is 15.3 Å². The second-order valence-electron chi connectivity index (χ2n) is 5.38. The van der Waals surface area contributed by atoms with Gasteiger partial charge in [-0.2, -0.15) is 0 Å². The molecule has 3 aromatic rings. The van der Waals surface area contributed by atoms with Gasteiger partial charge in [-0.1, -0.05) is 12.1 Å². The molecule has 0 saturated heterocycles. The standard InChI is InChI=1S/C16H17N5O2/c1-20(2)12-5-3-11(4-6-12)8-18-14-7-15(22)21(23)16-13(14)9-17-10-19-16/h3-7,9-10,18,23H,8H2,1-2H3. The Kier molecular flexibility index (Phi) is 3.84. The summed E-state index contributed by atoms with van der Waals surface area (Å²) in [5.41, 5.74) is 2.43. The molecule has 0 amide bonds. The summed E-state index contributed by atoms with van der Waals surface area (Å²) in [6.07, 6.45) is 2.85. The average molecular weight is 311 g/mol. The summed E-state index contributed by atoms with van der Waals surface area (Å²) in [6.45, 7) is 0.548. The Morgan fingerprint density at radius 1 is 1.26 bits per heavy atom. The van der Waals surface area contributed by atoms with Gasteiger partial charge in [0.1, 0.15) is 6.33 Å². The Hall–Kier alpha value is -3.09. The zero-order chi connectivity index (χ0) is 16.4. The second-order valence-corrected chi connectivity index (χ2v) is 5.38. The van der Waals surface area contributed by atoms with Gasteiger partial charge in [0.05, 0.1) is 11.1 Å². The lowest BCUT2D eigenvalue weighted by molar-refractivity contribution is 0.186. The fraction of sp³-hybridized carbons (Fsp3) is 0.188. The van der Waals surface area contributed by atoms with Crippen LogP contribution in [0.2, 0.25) is 0 Å². The van der Waals surface area contributed by atoms with Crippen LogP contribution in [0.4, 0.5) is 11.4 Å². The van der Waals surface area contributed by atoms with Crippen LogP contribution in [0.1, 0.15) is 5.56 Å². The van der Waals surface area contributed by atoms with Gasteiger partial charge in [-0.25, -0.2) is 9.97 Å². The lowest BCUT2D eigenvalue weighted by Crippen LogP contribution is -2.19. The molecule has 0 unspecified atom stereocenters. The molecular formula is C16H17N5O2. The first-order valence-electron chi connectivity index (χ1n) is 7.11. The number of benzene rings is 1. The smallest absolute Gasteiger partial charge is 0.286 e. The molecule has 0 bridgehead atoms. The first-order valence-corrected chi connectivity index (χ1v) is 7.11. The van der Waals surface area contributed by atoms with Crippen molar-refractivity contribution in [2.24, 2.45) is 0 Å². The van der Waals surface area contributed by atoms with Crippen LogP contribution >= 0.6 is 0 Å². The number of hydrogen-bond acceptors (Lipinski definition) is 6. The van der Waals surface area contributed by atoms with Crippen molar-refractivity contribution >= 4 is 22.4 Å². The van der Waals surface area contributed by atoms with Crippen molar-refractivity contribution in [2.45, 2.75) is 6.54 Å². The maximum atomic E-state index is 11.8. The van der Waals surface area contributed by atoms with Gasteiger partial charge in [0.2, 0.25) is 0 Å². The molecule has 0 aliphatic heterocycles. The highest BCUT2D eigenvalue weighted by Crippen LogP contribution is 2.19. The van der Waals surface area contributed by atoms with E-state index in [-0.39, 0.29) is 5.65 Å². The van der Waals surface area contributed by atoms with Crippen LogP contribution in [0.25, 0.3) is 11.0 Å². The van der Waals surface area contributed by atoms with Crippen molar-refractivity contribution in [3.05, 3.63) is 58.8 Å². The minimum atomic E-state index is -0.540. The van der Waals surface area contributed by atoms with Crippen LogP contribution in [0, 0.1) is 0 Å². The topological polar surface area (TPSA) is 83.3 Å². The monoisotopic (exact) mass is 311 g/mol. The first-order chi connectivity index (χ1) is 11.1. The number of pyridine rings is 1. The molecule has 0 radical (unpaired) electrons. The van der Waals surface area contributed by atoms with Gasteiger partial charge < -0.3 is 15.4 Å². The molecule has 118 valence electrons. The Morgan fingerprint density at radius 2 is 2.00 bits per heavy atom. The molecule has 23 heavy (non-hydrogen) atoms. The summed E-state index contributed by atoms with van der Waals surface area (Å²) < 4.78 is 0.522. The van der Waals surface area contributed by atoms with Crippen LogP contribution in [-0.2, 0) is 6.54 Å². The molecule has 2 aromatic heterocycles. The largest absolute Gasteiger partial charge is 0.423 e. The van der Waals surface area contributed by atoms with Crippen LogP contribution in [0.5, 0.6) is 0 Å². The minimum absolute atomic E-state index is 0.179. The number of nitrogens with one attached hydrogen (secondary N) is 1. The minimum Gasteiger partial charge on any atom is -0.423 e. The highest BCUT2D eigenvalue weighted by molar-refractivity contribution is 5.87. The van der Waals surface area contributed by atoms with E-state index < -0.39 is 5.56 Å². The molecule has 0 atom stereocenters. The molecule has 2 heterocycles. The molecular weight excluding hydrogens is 294 g/mol. The number of hydrogen-bond donors (Lipinski definition) is 2. The molecule has 3 rings (SSSR count). The van der Waals surface area contributed by atoms with E-state index in [0.717, 1.165) is 11.3 Å². The van der Waals surface area contributed by atoms with Gasteiger partial charge in [0, 0.05) is 38.6 Å². The van der Waals surface area contributed by atoms with Crippen molar-refractivity contribution in [1.82, 2.24) is 14.7 Å². The first kappa shape index (κ1) is 14.8. The number of fused-ring (bicyclic) bond motifs is 1. The summed E-state index contributed by atoms with van der Waals surface area (Å²) >= 11 is 0. The van der Waals surface area contributed by atoms with E-state index in [1.54, 1.807) is 6.20 Å². The van der Waals surface area contributed by atoms with Gasteiger partial charge in [-0.05, 0) is 17.7 Å². The van der Waals surface area contributed by atoms with Gasteiger partial charge in [-0.15, -0.1) is 4.73 Å². The zero-order valence-corrected chi connectivity index (χ0v) is 12.9. The van der Waals surface area contributed by atoms with Gasteiger partial charge in [0.15, 0.2) is 5.65 Å². The summed E-state index contributed by atoms with van der Waals surface area (Å²) in [6, 6.07) is 9.44. The lowest BCUT2D eigenvalue weighted by Gasteiger charge is -2.13. The normalized spacial score (nSPS) is 10.7. The third-order valence-corrected chi connectivity index (χ3v) is 3.59. The Morgan fingerprint density at radius 3 is 2.70 bits per heavy atom. The molecule has 7 heteroatoms. The molecule has 0 aliphatic rings. The summed E-state index contributed by atoms with van der Waals surface area (Å²) in [4.78, 5) is 21.7. The van der Waals surface area contributed by atoms with Gasteiger partial charge in [0.25, 0.3) is 5.56 Å². The van der Waals surface area contributed by atoms with Crippen molar-refractivity contribution in [2.75, 3.05) is 24.3 Å². The highest BCUT2D eigenvalue weighted by Gasteiger charge is 2.09. The maximum Gasteiger partial charge on any atom is 0.286 e. The average Bonchev–Trinajstić information content (AvgIpc) is 2.57. The second kappa shape index (κ2) is 5.96. The number of anilines is 2. The number of aromatic nitrogens is 3. The fourth-order valence-electron chi connectivity index (χ4n) is 2.30. The summed E-state index contributed by atoms with van der Waals surface area (Å²) in [5, 5.41) is 13.5. The molecule has 0 aliphatic carbocycles. The van der Waals surface area contributed by atoms with E-state index in [1.807, 2.05) is 43.3 Å². The molecule has 2 N–H and O–H groups in total. The van der Waals surface area contributed by atoms with Crippen LogP contribution in [0.15, 0.2) is 47.7 Å². The van der Waals surface area contributed by atoms with Crippen molar-refractivity contribution < 1.29 is 5.21 Å². The molecule has 0 fully saturated rings. The highest BCUT2D eigenvalue weighted by atomic mass is 16.5. The fourth-order valence-corrected chi connectivity index (χ4v) is 2.30. The molecule has 1 aromatic carbocycles. The van der Waals surface area contributed by atoms with Gasteiger partial charge in [-0.3, -0.25) is 4.79 Å². The quantitative estimate of drug-likeness (QED) is 0.714. The predicted molar refractivity (Wildman–Crippen MR) is 89.1 cm³/mol. The zero-order valence-electron chi connectivity index (χ0n) is 12.9. The Balaban J connectivity index is 1.87. The number of nitrogens with zero attached hydrogens (tertiary/aromatic N) is 4. The van der Waals surface area contributed by atoms with Crippen molar-refractivity contribution in [3.8, 4) is 0 Å². The van der Waals surface area contributed by atoms with Crippen LogP contribution in [-0.4, -0.2) is 34.0 Å². The Bertz CT molecular complexity index is 887. The summed E-state index contributed by atoms with van der Waals surface area (Å²) in [5.74, 6) is 0. The molecule has 7 nitrogen and oxygen atoms in total. The molecule has 0 spiro atoms. The van der Waals surface area contributed by atoms with Crippen LogP contribution in [0.3, 0.4) is 0 Å². The third-order valence-electron chi connectivity index (χ3n) is 3.59. The van der Waals surface area contributed by atoms with E-state index in [0.29, 0.717) is 22.3 Å². The lowest BCUT2D eigenvalue weighted by atomic mass is 10.2. The SMILES string of the molecule is CN(C)c1ccc(CNc2cc(=O)n(O)c3ncncc23)cc1. The summed E-state index contributed by atoms with van der Waals surface area (Å²) in [7, 11) is 3.98. The van der Waals surface area contributed by atoms with Crippen molar-refractivity contribution in [3.63, 3.8) is 0 Å². The third kappa shape index (κ3) is 2.94. The van der Waals surface area contributed by atoms with Gasteiger partial charge >= 0.3 is 0 Å². The van der Waals surface area contributed by atoms with E-state index in [4.69, 9.17) is 0 Å². The Labute approximate surface area is 132 Å². The van der Waals surface area contributed by atoms with Crippen LogP contribution < -0.4 is 15.8 Å². The van der Waals surface area contributed by atoms with E-state index >= 15 is 0 Å². The maximum absolute atomic E-state index is 11.8. The van der Waals surface area contributed by atoms with E-state index in [1.165, 1.54) is 12.4 Å². The predicted octanol–water partition coefficient (Wildman–Crippen LogP) is 1.71.